The van der Waals surface area contributed by atoms with Crippen LogP contribution in [0.3, 0.4) is 0 Å². The number of hydrogen-bond acceptors (Lipinski definition) is 1. The lowest BCUT2D eigenvalue weighted by Gasteiger charge is -2.07. The third-order valence-corrected chi connectivity index (χ3v) is 2.07. The molecule has 1 nitrogen and oxygen atoms in total. The second-order valence-electron chi connectivity index (χ2n) is 2.43. The molecular formula is C9H10BrClFN. The predicted molar refractivity (Wildman–Crippen MR) is 58.5 cm³/mol. The van der Waals surface area contributed by atoms with E-state index in [2.05, 4.69) is 22.5 Å². The van der Waals surface area contributed by atoms with Crippen LogP contribution in [0.5, 0.6) is 0 Å². The molecule has 1 atom stereocenters. The number of benzene rings is 1. The van der Waals surface area contributed by atoms with Crippen molar-refractivity contribution < 1.29 is 4.39 Å². The van der Waals surface area contributed by atoms with Gasteiger partial charge in [-0.15, -0.1) is 19.0 Å². The smallest absolute Gasteiger partial charge is 0.129 e. The van der Waals surface area contributed by atoms with Crippen molar-refractivity contribution in [2.45, 2.75) is 6.04 Å². The lowest BCUT2D eigenvalue weighted by molar-refractivity contribution is 0.601. The summed E-state index contributed by atoms with van der Waals surface area (Å²) in [5, 5.41) is 0. The average molecular weight is 267 g/mol. The van der Waals surface area contributed by atoms with E-state index in [9.17, 15) is 4.39 Å². The van der Waals surface area contributed by atoms with Gasteiger partial charge in [0.25, 0.3) is 0 Å². The highest BCUT2D eigenvalue weighted by Gasteiger charge is 2.07. The van der Waals surface area contributed by atoms with E-state index in [1.54, 1.807) is 12.1 Å². The number of nitrogens with two attached hydrogens (primary N) is 1. The van der Waals surface area contributed by atoms with Gasteiger partial charge >= 0.3 is 0 Å². The molecule has 0 radical (unpaired) electrons. The van der Waals surface area contributed by atoms with Crippen molar-refractivity contribution in [1.29, 1.82) is 0 Å². The minimum absolute atomic E-state index is 0. The van der Waals surface area contributed by atoms with Crippen molar-refractivity contribution >= 4 is 28.3 Å². The maximum atomic E-state index is 13.1. The molecule has 0 aliphatic heterocycles. The third-order valence-electron chi connectivity index (χ3n) is 1.58. The Morgan fingerprint density at radius 1 is 1.54 bits per heavy atom. The van der Waals surface area contributed by atoms with E-state index < -0.39 is 6.04 Å². The molecule has 2 N–H and O–H groups in total. The van der Waals surface area contributed by atoms with Crippen molar-refractivity contribution in [3.63, 3.8) is 0 Å². The van der Waals surface area contributed by atoms with E-state index in [0.29, 0.717) is 10.0 Å². The third kappa shape index (κ3) is 3.10. The second-order valence-corrected chi connectivity index (χ2v) is 3.34. The fourth-order valence-electron chi connectivity index (χ4n) is 0.899. The topological polar surface area (TPSA) is 26.0 Å². The van der Waals surface area contributed by atoms with Crippen LogP contribution in [0.2, 0.25) is 0 Å². The Morgan fingerprint density at radius 3 is 2.62 bits per heavy atom. The SMILES string of the molecule is C=C[C@@H](N)c1ccc(Br)cc1F.Cl. The first-order valence-electron chi connectivity index (χ1n) is 3.48. The molecule has 0 saturated heterocycles. The highest BCUT2D eigenvalue weighted by molar-refractivity contribution is 9.10. The van der Waals surface area contributed by atoms with Crippen LogP contribution < -0.4 is 5.73 Å². The van der Waals surface area contributed by atoms with Crippen LogP contribution in [-0.4, -0.2) is 0 Å². The van der Waals surface area contributed by atoms with E-state index in [4.69, 9.17) is 5.73 Å². The molecule has 0 unspecified atom stereocenters. The van der Waals surface area contributed by atoms with Crippen LogP contribution in [0.1, 0.15) is 11.6 Å². The van der Waals surface area contributed by atoms with E-state index >= 15 is 0 Å². The lowest BCUT2D eigenvalue weighted by Crippen LogP contribution is -2.08. The number of rotatable bonds is 2. The van der Waals surface area contributed by atoms with Crippen molar-refractivity contribution in [3.05, 3.63) is 46.7 Å². The van der Waals surface area contributed by atoms with Gasteiger partial charge in [0.1, 0.15) is 5.82 Å². The van der Waals surface area contributed by atoms with Crippen LogP contribution >= 0.6 is 28.3 Å². The van der Waals surface area contributed by atoms with Crippen molar-refractivity contribution in [1.82, 2.24) is 0 Å². The van der Waals surface area contributed by atoms with E-state index in [1.807, 2.05) is 0 Å². The molecule has 0 amide bonds. The fourth-order valence-corrected chi connectivity index (χ4v) is 1.23. The molecule has 0 spiro atoms. The molecule has 0 aromatic heterocycles. The summed E-state index contributed by atoms with van der Waals surface area (Å²) >= 11 is 3.16. The molecule has 0 aliphatic carbocycles. The fraction of sp³-hybridized carbons (Fsp3) is 0.111. The maximum absolute atomic E-state index is 13.1. The molecule has 13 heavy (non-hydrogen) atoms. The monoisotopic (exact) mass is 265 g/mol. The zero-order valence-electron chi connectivity index (χ0n) is 6.84. The van der Waals surface area contributed by atoms with Crippen LogP contribution in [0.4, 0.5) is 4.39 Å². The number of hydrogen-bond donors (Lipinski definition) is 1. The largest absolute Gasteiger partial charge is 0.321 e. The second kappa shape index (κ2) is 5.37. The molecule has 0 saturated carbocycles. The Bertz CT molecular complexity index is 304. The van der Waals surface area contributed by atoms with Gasteiger partial charge in [0, 0.05) is 10.0 Å². The van der Waals surface area contributed by atoms with Crippen LogP contribution in [0.15, 0.2) is 35.3 Å². The zero-order valence-corrected chi connectivity index (χ0v) is 9.24. The van der Waals surface area contributed by atoms with Gasteiger partial charge in [0.2, 0.25) is 0 Å². The number of halogens is 3. The van der Waals surface area contributed by atoms with Gasteiger partial charge in [-0.25, -0.2) is 4.39 Å². The standard InChI is InChI=1S/C9H9BrFN.ClH/c1-2-9(12)7-4-3-6(10)5-8(7)11;/h2-5,9H,1,12H2;1H/t9-;/m1./s1. The van der Waals surface area contributed by atoms with Crippen LogP contribution in [0.25, 0.3) is 0 Å². The normalized spacial score (nSPS) is 11.6. The molecule has 0 bridgehead atoms. The van der Waals surface area contributed by atoms with Crippen LogP contribution in [-0.2, 0) is 0 Å². The van der Waals surface area contributed by atoms with Crippen molar-refractivity contribution in [2.24, 2.45) is 5.73 Å². The summed E-state index contributed by atoms with van der Waals surface area (Å²) in [5.41, 5.74) is 6.04. The maximum Gasteiger partial charge on any atom is 0.129 e. The van der Waals surface area contributed by atoms with Gasteiger partial charge < -0.3 is 5.73 Å². The Kier molecular flexibility index (Phi) is 5.21. The van der Waals surface area contributed by atoms with Gasteiger partial charge in [-0.1, -0.05) is 28.1 Å². The summed E-state index contributed by atoms with van der Waals surface area (Å²) in [6.45, 7) is 3.50. The molecule has 1 rings (SSSR count). The first-order chi connectivity index (χ1) is 5.65. The Balaban J connectivity index is 0.00000144. The van der Waals surface area contributed by atoms with Crippen molar-refractivity contribution in [3.8, 4) is 0 Å². The first kappa shape index (κ1) is 12.6. The minimum Gasteiger partial charge on any atom is -0.321 e. The zero-order chi connectivity index (χ0) is 9.14. The lowest BCUT2D eigenvalue weighted by atomic mass is 10.1. The van der Waals surface area contributed by atoms with E-state index in [1.165, 1.54) is 12.1 Å². The minimum atomic E-state index is -0.432. The molecule has 4 heteroatoms. The molecule has 72 valence electrons. The summed E-state index contributed by atoms with van der Waals surface area (Å²) in [5.74, 6) is -0.309. The van der Waals surface area contributed by atoms with E-state index in [0.717, 1.165) is 0 Å². The predicted octanol–water partition coefficient (Wildman–Crippen LogP) is 3.20. The molecule has 0 fully saturated rings. The molecule has 1 aromatic rings. The summed E-state index contributed by atoms with van der Waals surface area (Å²) in [4.78, 5) is 0. The molecule has 1 aromatic carbocycles. The molecule has 0 aliphatic rings. The average Bonchev–Trinajstić information content (AvgIpc) is 2.03. The van der Waals surface area contributed by atoms with Gasteiger partial charge in [0.15, 0.2) is 0 Å². The molecular weight excluding hydrogens is 256 g/mol. The Morgan fingerprint density at radius 2 is 2.15 bits per heavy atom. The van der Waals surface area contributed by atoms with Crippen molar-refractivity contribution in [2.75, 3.05) is 0 Å². The Hall–Kier alpha value is -0.380. The van der Waals surface area contributed by atoms with Gasteiger partial charge in [-0.2, -0.15) is 0 Å². The van der Waals surface area contributed by atoms with Gasteiger partial charge in [0.05, 0.1) is 6.04 Å². The quantitative estimate of drug-likeness (QED) is 0.818. The summed E-state index contributed by atoms with van der Waals surface area (Å²) in [6.07, 6.45) is 1.51. The summed E-state index contributed by atoms with van der Waals surface area (Å²) in [7, 11) is 0. The summed E-state index contributed by atoms with van der Waals surface area (Å²) in [6, 6.07) is 4.35. The summed E-state index contributed by atoms with van der Waals surface area (Å²) < 4.78 is 13.8. The highest BCUT2D eigenvalue weighted by Crippen LogP contribution is 2.19. The highest BCUT2D eigenvalue weighted by atomic mass is 79.9. The van der Waals surface area contributed by atoms with Gasteiger partial charge in [-0.3, -0.25) is 0 Å². The van der Waals surface area contributed by atoms with E-state index in [-0.39, 0.29) is 18.2 Å². The van der Waals surface area contributed by atoms with Crippen LogP contribution in [0, 0.1) is 5.82 Å². The Labute approximate surface area is 91.4 Å². The van der Waals surface area contributed by atoms with Gasteiger partial charge in [-0.05, 0) is 12.1 Å². The first-order valence-corrected chi connectivity index (χ1v) is 4.27. The molecule has 0 heterocycles.